The summed E-state index contributed by atoms with van der Waals surface area (Å²) in [6.07, 6.45) is 3.70. The van der Waals surface area contributed by atoms with Crippen LogP contribution in [0.2, 0.25) is 0 Å². The van der Waals surface area contributed by atoms with Gasteiger partial charge >= 0.3 is 5.97 Å². The number of anilines is 1. The lowest BCUT2D eigenvalue weighted by molar-refractivity contribution is 0.0595. The highest BCUT2D eigenvalue weighted by Crippen LogP contribution is 2.47. The number of hydrogen-bond donors (Lipinski definition) is 1. The van der Waals surface area contributed by atoms with E-state index < -0.39 is 16.0 Å². The smallest absolute Gasteiger partial charge is 0.341 e. The number of likely N-dealkylation sites (N-methyl/N-ethyl adjacent to an activating group) is 1. The minimum absolute atomic E-state index is 0.0420. The van der Waals surface area contributed by atoms with Gasteiger partial charge in [-0.15, -0.1) is 0 Å². The predicted molar refractivity (Wildman–Crippen MR) is 134 cm³/mol. The third-order valence-electron chi connectivity index (χ3n) is 5.86. The van der Waals surface area contributed by atoms with Crippen LogP contribution in [0.25, 0.3) is 17.2 Å². The lowest BCUT2D eigenvalue weighted by atomic mass is 9.98. The van der Waals surface area contributed by atoms with Crippen LogP contribution in [-0.4, -0.2) is 46.0 Å². The largest absolute Gasteiger partial charge is 0.484 e. The monoisotopic (exact) mass is 496 g/mol. The molecule has 2 aromatic carbocycles. The molecule has 0 fully saturated rings. The van der Waals surface area contributed by atoms with Gasteiger partial charge in [0.05, 0.1) is 17.6 Å². The highest BCUT2D eigenvalue weighted by molar-refractivity contribution is 7.92. The van der Waals surface area contributed by atoms with Gasteiger partial charge in [0.1, 0.15) is 23.6 Å². The topological polar surface area (TPSA) is 98.1 Å². The molecule has 0 atom stereocenters. The Morgan fingerprint density at radius 1 is 1.11 bits per heavy atom. The normalized spacial score (nSPS) is 12.8. The van der Waals surface area contributed by atoms with Crippen LogP contribution in [-0.2, 0) is 21.4 Å². The molecule has 184 valence electrons. The first kappa shape index (κ1) is 24.6. The third-order valence-corrected chi connectivity index (χ3v) is 7.23. The summed E-state index contributed by atoms with van der Waals surface area (Å²) in [6.45, 7) is 6.66. The number of methoxy groups -OCH3 is 1. The lowest BCUT2D eigenvalue weighted by Crippen LogP contribution is -2.22. The van der Waals surface area contributed by atoms with Crippen LogP contribution in [0.5, 0.6) is 5.75 Å². The molecule has 9 heteroatoms. The Kier molecular flexibility index (Phi) is 7.28. The second-order valence-electron chi connectivity index (χ2n) is 7.91. The summed E-state index contributed by atoms with van der Waals surface area (Å²) in [5.41, 5.74) is 1.64. The van der Waals surface area contributed by atoms with Crippen LogP contribution in [0, 0.1) is 0 Å². The summed E-state index contributed by atoms with van der Waals surface area (Å²) in [6, 6.07) is 13.2. The number of carbonyl (C=O) groups is 1. The van der Waals surface area contributed by atoms with E-state index in [0.717, 1.165) is 13.1 Å². The van der Waals surface area contributed by atoms with Crippen molar-refractivity contribution in [3.8, 4) is 16.9 Å². The van der Waals surface area contributed by atoms with E-state index in [1.54, 1.807) is 42.5 Å². The summed E-state index contributed by atoms with van der Waals surface area (Å²) in [7, 11) is -2.61. The summed E-state index contributed by atoms with van der Waals surface area (Å²) in [5.74, 6) is 0.611. The number of carbonyl (C=O) groups excluding carboxylic acids is 1. The zero-order chi connectivity index (χ0) is 25.0. The summed E-state index contributed by atoms with van der Waals surface area (Å²) in [5, 5.41) is 0. The molecule has 35 heavy (non-hydrogen) atoms. The van der Waals surface area contributed by atoms with Gasteiger partial charge in [0.25, 0.3) is 10.0 Å². The number of ether oxygens (including phenoxy) is 2. The number of nitrogens with zero attached hydrogens (tertiary/aromatic N) is 1. The molecule has 0 bridgehead atoms. The predicted octanol–water partition coefficient (Wildman–Crippen LogP) is 4.78. The van der Waals surface area contributed by atoms with E-state index in [1.165, 1.54) is 19.2 Å². The molecule has 0 amide bonds. The Labute approximate surface area is 205 Å². The van der Waals surface area contributed by atoms with Gasteiger partial charge < -0.3 is 18.8 Å². The van der Waals surface area contributed by atoms with E-state index >= 15 is 0 Å². The molecule has 0 aliphatic carbocycles. The van der Waals surface area contributed by atoms with Crippen molar-refractivity contribution in [3.05, 3.63) is 71.7 Å². The molecule has 0 saturated carbocycles. The number of rotatable bonds is 9. The van der Waals surface area contributed by atoms with Crippen LogP contribution < -0.4 is 9.46 Å². The van der Waals surface area contributed by atoms with Gasteiger partial charge in [-0.05, 0) is 37.4 Å². The zero-order valence-corrected chi connectivity index (χ0v) is 20.7. The van der Waals surface area contributed by atoms with Crippen LogP contribution in [0.4, 0.5) is 5.69 Å². The summed E-state index contributed by atoms with van der Waals surface area (Å²) < 4.78 is 46.1. The highest BCUT2D eigenvalue weighted by atomic mass is 32.2. The second-order valence-corrected chi connectivity index (χ2v) is 9.59. The van der Waals surface area contributed by atoms with Gasteiger partial charge in [-0.1, -0.05) is 50.3 Å². The van der Waals surface area contributed by atoms with E-state index in [2.05, 4.69) is 23.5 Å². The average molecular weight is 497 g/mol. The quantitative estimate of drug-likeness (QED) is 0.426. The highest BCUT2D eigenvalue weighted by Gasteiger charge is 2.32. The standard InChI is InChI=1S/C26H28N2O6S/c1-4-28(5-2)16-10-15-21-24(27-35(30,31)18-11-7-6-8-12-18)23-19-13-9-14-20(26(29)32-3)25(19)33-17-22(23)34-21/h6-15,27H,4-5,16-17H2,1-3H3/b15-10-. The molecule has 1 N–H and O–H groups in total. The molecular formula is C26H28N2O6S. The first-order valence-corrected chi connectivity index (χ1v) is 12.8. The van der Waals surface area contributed by atoms with Crippen molar-refractivity contribution in [1.82, 2.24) is 4.90 Å². The van der Waals surface area contributed by atoms with Crippen molar-refractivity contribution < 1.29 is 27.1 Å². The fraction of sp³-hybridized carbons (Fsp3) is 0.269. The molecule has 3 aromatic rings. The lowest BCUT2D eigenvalue weighted by Gasteiger charge is -2.20. The summed E-state index contributed by atoms with van der Waals surface area (Å²) >= 11 is 0. The van der Waals surface area contributed by atoms with Crippen molar-refractivity contribution >= 4 is 27.8 Å². The maximum atomic E-state index is 13.3. The molecule has 0 unspecified atom stereocenters. The molecule has 0 saturated heterocycles. The second kappa shape index (κ2) is 10.4. The first-order valence-electron chi connectivity index (χ1n) is 11.4. The number of sulfonamides is 1. The molecule has 1 aliphatic rings. The van der Waals surface area contributed by atoms with Crippen LogP contribution in [0.3, 0.4) is 0 Å². The van der Waals surface area contributed by atoms with Gasteiger partial charge in [0, 0.05) is 12.1 Å². The number of esters is 1. The van der Waals surface area contributed by atoms with E-state index in [4.69, 9.17) is 13.9 Å². The number of furan rings is 1. The molecule has 0 radical (unpaired) electrons. The van der Waals surface area contributed by atoms with Gasteiger partial charge in [-0.3, -0.25) is 4.72 Å². The van der Waals surface area contributed by atoms with Crippen LogP contribution >= 0.6 is 0 Å². The number of hydrogen-bond acceptors (Lipinski definition) is 7. The minimum atomic E-state index is -3.91. The summed E-state index contributed by atoms with van der Waals surface area (Å²) in [4.78, 5) is 14.7. The van der Waals surface area contributed by atoms with Gasteiger partial charge in [0.15, 0.2) is 11.5 Å². The molecule has 0 spiro atoms. The number of nitrogens with one attached hydrogen (secondary N) is 1. The number of para-hydroxylation sites is 1. The molecule has 1 aromatic heterocycles. The van der Waals surface area contributed by atoms with Crippen molar-refractivity contribution in [2.45, 2.75) is 25.3 Å². The maximum absolute atomic E-state index is 13.3. The molecule has 1 aliphatic heterocycles. The van der Waals surface area contributed by atoms with E-state index in [1.807, 2.05) is 6.08 Å². The van der Waals surface area contributed by atoms with Crippen molar-refractivity contribution in [1.29, 1.82) is 0 Å². The average Bonchev–Trinajstić information content (AvgIpc) is 3.23. The molecule has 4 rings (SSSR count). The first-order chi connectivity index (χ1) is 16.9. The van der Waals surface area contributed by atoms with E-state index in [-0.39, 0.29) is 17.1 Å². The zero-order valence-electron chi connectivity index (χ0n) is 19.9. The van der Waals surface area contributed by atoms with Crippen molar-refractivity contribution in [2.24, 2.45) is 0 Å². The van der Waals surface area contributed by atoms with E-state index in [0.29, 0.717) is 40.6 Å². The van der Waals surface area contributed by atoms with Gasteiger partial charge in [-0.2, -0.15) is 0 Å². The minimum Gasteiger partial charge on any atom is -0.484 e. The molecular weight excluding hydrogens is 468 g/mol. The SMILES string of the molecule is CCN(CC)C/C=C\c1oc2c(c1NS(=O)(=O)c1ccccc1)-c1cccc(C(=O)OC)c1OC2. The number of fused-ring (bicyclic) bond motifs is 3. The maximum Gasteiger partial charge on any atom is 0.341 e. The van der Waals surface area contributed by atoms with Crippen LogP contribution in [0.15, 0.2) is 63.9 Å². The Balaban J connectivity index is 1.84. The Hall–Kier alpha value is -3.56. The van der Waals surface area contributed by atoms with Crippen molar-refractivity contribution in [3.63, 3.8) is 0 Å². The Morgan fingerprint density at radius 2 is 1.86 bits per heavy atom. The molecule has 8 nitrogen and oxygen atoms in total. The fourth-order valence-corrected chi connectivity index (χ4v) is 5.09. The van der Waals surface area contributed by atoms with Crippen molar-refractivity contribution in [2.75, 3.05) is 31.5 Å². The third kappa shape index (κ3) is 4.96. The molecule has 2 heterocycles. The number of benzene rings is 2. The fourth-order valence-electron chi connectivity index (χ4n) is 3.98. The van der Waals surface area contributed by atoms with Gasteiger partial charge in [0.2, 0.25) is 0 Å². The van der Waals surface area contributed by atoms with Crippen LogP contribution in [0.1, 0.15) is 35.7 Å². The van der Waals surface area contributed by atoms with Gasteiger partial charge in [-0.25, -0.2) is 13.2 Å². The Bertz CT molecular complexity index is 1340. The Morgan fingerprint density at radius 3 is 2.54 bits per heavy atom. The van der Waals surface area contributed by atoms with E-state index in [9.17, 15) is 13.2 Å².